The number of aromatic carboxylic acids is 1. The van der Waals surface area contributed by atoms with Crippen molar-refractivity contribution in [3.05, 3.63) is 53.7 Å². The number of carboxylic acid groups (broad SMARTS) is 1. The maximum absolute atomic E-state index is 11.1. The molecule has 1 aromatic heterocycles. The lowest BCUT2D eigenvalue weighted by Crippen LogP contribution is -2.11. The van der Waals surface area contributed by atoms with E-state index in [0.29, 0.717) is 17.1 Å². The number of hydrogen-bond donors (Lipinski definition) is 3. The van der Waals surface area contributed by atoms with Crippen LogP contribution in [0.5, 0.6) is 0 Å². The van der Waals surface area contributed by atoms with Crippen molar-refractivity contribution in [2.45, 2.75) is 0 Å². The molecule has 0 fully saturated rings. The number of carboxylic acids is 1. The first-order valence-corrected chi connectivity index (χ1v) is 5.43. The van der Waals surface area contributed by atoms with Crippen LogP contribution in [-0.2, 0) is 0 Å². The Morgan fingerprint density at radius 3 is 2.58 bits per heavy atom. The molecular weight excluding hydrogens is 246 g/mol. The number of rotatable bonds is 4. The molecule has 0 radical (unpaired) electrons. The molecule has 6 nitrogen and oxygen atoms in total. The lowest BCUT2D eigenvalue weighted by molar-refractivity contribution is 0.0690. The summed E-state index contributed by atoms with van der Waals surface area (Å²) in [5.74, 6) is -1.26. The topological polar surface area (TPSA) is 105 Å². The number of hydrogen-bond acceptors (Lipinski definition) is 4. The number of carbonyl (C=O) groups excluding carboxylic acids is 1. The Balaban J connectivity index is 2.26. The third-order valence-corrected chi connectivity index (χ3v) is 2.39. The summed E-state index contributed by atoms with van der Waals surface area (Å²) < 4.78 is 0. The van der Waals surface area contributed by atoms with Gasteiger partial charge in [0.1, 0.15) is 5.82 Å². The molecule has 6 heteroatoms. The molecular formula is C13H11N3O3. The van der Waals surface area contributed by atoms with Crippen LogP contribution in [0.25, 0.3) is 0 Å². The molecule has 0 atom stereocenters. The fourth-order valence-electron chi connectivity index (χ4n) is 1.52. The van der Waals surface area contributed by atoms with Crippen LogP contribution in [0.4, 0.5) is 11.5 Å². The average Bonchev–Trinajstić information content (AvgIpc) is 2.39. The molecule has 1 amide bonds. The molecule has 0 aliphatic rings. The van der Waals surface area contributed by atoms with Crippen LogP contribution in [0.3, 0.4) is 0 Å². The number of benzene rings is 1. The molecule has 2 rings (SSSR count). The van der Waals surface area contributed by atoms with Crippen molar-refractivity contribution in [1.29, 1.82) is 0 Å². The van der Waals surface area contributed by atoms with E-state index in [0.717, 1.165) is 0 Å². The van der Waals surface area contributed by atoms with Crippen LogP contribution in [0.2, 0.25) is 0 Å². The van der Waals surface area contributed by atoms with E-state index in [1.165, 1.54) is 6.07 Å². The zero-order chi connectivity index (χ0) is 13.8. The van der Waals surface area contributed by atoms with Gasteiger partial charge >= 0.3 is 5.97 Å². The van der Waals surface area contributed by atoms with Gasteiger partial charge in [0.2, 0.25) is 5.91 Å². The van der Waals surface area contributed by atoms with Gasteiger partial charge in [0, 0.05) is 11.3 Å². The summed E-state index contributed by atoms with van der Waals surface area (Å²) in [6, 6.07) is 11.2. The first kappa shape index (κ1) is 12.6. The molecule has 1 heterocycles. The summed E-state index contributed by atoms with van der Waals surface area (Å²) in [5, 5.41) is 11.8. The fourth-order valence-corrected chi connectivity index (χ4v) is 1.52. The fraction of sp³-hybridized carbons (Fsp3) is 0. The normalized spacial score (nSPS) is 9.89. The molecule has 96 valence electrons. The van der Waals surface area contributed by atoms with Crippen molar-refractivity contribution in [3.8, 4) is 0 Å². The van der Waals surface area contributed by atoms with Crippen molar-refractivity contribution in [1.82, 2.24) is 4.98 Å². The number of pyridine rings is 1. The van der Waals surface area contributed by atoms with Gasteiger partial charge in [-0.15, -0.1) is 0 Å². The zero-order valence-corrected chi connectivity index (χ0v) is 9.83. The molecule has 0 spiro atoms. The maximum atomic E-state index is 11.1. The van der Waals surface area contributed by atoms with Gasteiger partial charge in [-0.1, -0.05) is 12.1 Å². The number of nitrogens with two attached hydrogens (primary N) is 1. The van der Waals surface area contributed by atoms with Gasteiger partial charge in [-0.05, 0) is 30.3 Å². The molecule has 0 bridgehead atoms. The number of carbonyl (C=O) groups is 2. The summed E-state index contributed by atoms with van der Waals surface area (Å²) in [6.45, 7) is 0. The highest BCUT2D eigenvalue weighted by Crippen LogP contribution is 2.16. The third-order valence-electron chi connectivity index (χ3n) is 2.39. The summed E-state index contributed by atoms with van der Waals surface area (Å²) in [5.41, 5.74) is 6.08. The Bertz CT molecular complexity index is 585. The van der Waals surface area contributed by atoms with Crippen molar-refractivity contribution in [3.63, 3.8) is 0 Å². The molecule has 1 aromatic carbocycles. The Morgan fingerprint density at radius 1 is 1.16 bits per heavy atom. The van der Waals surface area contributed by atoms with Gasteiger partial charge < -0.3 is 16.2 Å². The van der Waals surface area contributed by atoms with Crippen molar-refractivity contribution >= 4 is 23.4 Å². The lowest BCUT2D eigenvalue weighted by Gasteiger charge is -2.07. The summed E-state index contributed by atoms with van der Waals surface area (Å²) in [4.78, 5) is 25.8. The Kier molecular flexibility index (Phi) is 3.42. The molecule has 0 saturated heterocycles. The molecule has 0 saturated carbocycles. The van der Waals surface area contributed by atoms with Gasteiger partial charge in [-0.2, -0.15) is 0 Å². The van der Waals surface area contributed by atoms with Crippen LogP contribution >= 0.6 is 0 Å². The van der Waals surface area contributed by atoms with E-state index < -0.39 is 11.9 Å². The second kappa shape index (κ2) is 5.18. The van der Waals surface area contributed by atoms with Crippen LogP contribution < -0.4 is 11.1 Å². The Hall–Kier alpha value is -2.89. The molecule has 0 aliphatic carbocycles. The number of amides is 1. The zero-order valence-electron chi connectivity index (χ0n) is 9.83. The van der Waals surface area contributed by atoms with Crippen LogP contribution in [0, 0.1) is 0 Å². The molecule has 19 heavy (non-hydrogen) atoms. The van der Waals surface area contributed by atoms with E-state index >= 15 is 0 Å². The molecule has 2 aromatic rings. The average molecular weight is 257 g/mol. The summed E-state index contributed by atoms with van der Waals surface area (Å²) >= 11 is 0. The van der Waals surface area contributed by atoms with Crippen molar-refractivity contribution < 1.29 is 14.7 Å². The number of nitrogens with zero attached hydrogens (tertiary/aromatic N) is 1. The number of aromatic nitrogens is 1. The predicted octanol–water partition coefficient (Wildman–Crippen LogP) is 1.62. The van der Waals surface area contributed by atoms with Gasteiger partial charge in [0.15, 0.2) is 5.69 Å². The highest BCUT2D eigenvalue weighted by molar-refractivity contribution is 5.93. The van der Waals surface area contributed by atoms with Gasteiger partial charge in [-0.25, -0.2) is 9.78 Å². The second-order valence-electron chi connectivity index (χ2n) is 3.78. The third kappa shape index (κ3) is 3.06. The number of nitrogens with one attached hydrogen (secondary N) is 1. The van der Waals surface area contributed by atoms with Crippen LogP contribution in [-0.4, -0.2) is 22.0 Å². The lowest BCUT2D eigenvalue weighted by atomic mass is 10.2. The summed E-state index contributed by atoms with van der Waals surface area (Å²) in [7, 11) is 0. The largest absolute Gasteiger partial charge is 0.477 e. The minimum absolute atomic E-state index is 0.0592. The van der Waals surface area contributed by atoms with E-state index in [-0.39, 0.29) is 5.69 Å². The van der Waals surface area contributed by atoms with Crippen LogP contribution in [0.1, 0.15) is 20.8 Å². The maximum Gasteiger partial charge on any atom is 0.354 e. The quantitative estimate of drug-likeness (QED) is 0.771. The minimum Gasteiger partial charge on any atom is -0.477 e. The number of primary amides is 1. The van der Waals surface area contributed by atoms with E-state index in [2.05, 4.69) is 10.3 Å². The Morgan fingerprint density at radius 2 is 1.89 bits per heavy atom. The van der Waals surface area contributed by atoms with Gasteiger partial charge in [0.25, 0.3) is 0 Å². The first-order chi connectivity index (χ1) is 9.06. The first-order valence-electron chi connectivity index (χ1n) is 5.43. The monoisotopic (exact) mass is 257 g/mol. The highest BCUT2D eigenvalue weighted by Gasteiger charge is 2.06. The van der Waals surface area contributed by atoms with Gasteiger partial charge in [-0.3, -0.25) is 4.79 Å². The van der Waals surface area contributed by atoms with E-state index in [1.807, 2.05) is 0 Å². The van der Waals surface area contributed by atoms with Crippen molar-refractivity contribution in [2.24, 2.45) is 5.73 Å². The summed E-state index contributed by atoms with van der Waals surface area (Å²) in [6.07, 6.45) is 0. The van der Waals surface area contributed by atoms with Gasteiger partial charge in [0.05, 0.1) is 0 Å². The smallest absolute Gasteiger partial charge is 0.354 e. The van der Waals surface area contributed by atoms with E-state index in [9.17, 15) is 9.59 Å². The molecule has 0 aliphatic heterocycles. The Labute approximate surface area is 108 Å². The molecule has 4 N–H and O–H groups in total. The number of anilines is 2. The van der Waals surface area contributed by atoms with E-state index in [1.54, 1.807) is 36.4 Å². The van der Waals surface area contributed by atoms with Crippen molar-refractivity contribution in [2.75, 3.05) is 5.32 Å². The minimum atomic E-state index is -1.10. The second-order valence-corrected chi connectivity index (χ2v) is 3.78. The van der Waals surface area contributed by atoms with E-state index in [4.69, 9.17) is 10.8 Å². The standard InChI is InChI=1S/C13H11N3O3/c14-12(17)8-3-1-4-9(7-8)15-11-6-2-5-10(16-11)13(18)19/h1-7H,(H2,14,17)(H,15,16)(H,18,19). The predicted molar refractivity (Wildman–Crippen MR) is 69.4 cm³/mol. The highest BCUT2D eigenvalue weighted by atomic mass is 16.4. The molecule has 0 unspecified atom stereocenters. The van der Waals surface area contributed by atoms with Crippen LogP contribution in [0.15, 0.2) is 42.5 Å². The SMILES string of the molecule is NC(=O)c1cccc(Nc2cccc(C(=O)O)n2)c1.